The molecule has 0 aliphatic carbocycles. The third-order valence-electron chi connectivity index (χ3n) is 3.83. The number of primary amides is 1. The summed E-state index contributed by atoms with van der Waals surface area (Å²) in [5, 5.41) is 6.06. The van der Waals surface area contributed by atoms with Crippen molar-refractivity contribution >= 4 is 28.3 Å². The molecule has 7 nitrogen and oxygen atoms in total. The van der Waals surface area contributed by atoms with Crippen LogP contribution < -0.4 is 16.4 Å². The minimum absolute atomic E-state index is 0.324. The fourth-order valence-corrected chi connectivity index (χ4v) is 3.78. The van der Waals surface area contributed by atoms with Gasteiger partial charge in [-0.15, -0.1) is 11.3 Å². The van der Waals surface area contributed by atoms with Crippen molar-refractivity contribution in [2.24, 2.45) is 5.73 Å². The van der Waals surface area contributed by atoms with Crippen molar-refractivity contribution in [3.63, 3.8) is 0 Å². The topological polar surface area (TPSA) is 96.7 Å². The molecule has 0 aromatic carbocycles. The second-order valence-electron chi connectivity index (χ2n) is 6.84. The fraction of sp³-hybridized carbons (Fsp3) is 0.625. The quantitative estimate of drug-likeness (QED) is 0.678. The third kappa shape index (κ3) is 4.68. The Morgan fingerprint density at radius 1 is 1.38 bits per heavy atom. The third-order valence-corrected chi connectivity index (χ3v) is 4.95. The maximum absolute atomic E-state index is 12.1. The van der Waals surface area contributed by atoms with E-state index in [1.165, 1.54) is 11.3 Å². The van der Waals surface area contributed by atoms with Gasteiger partial charge in [0.2, 0.25) is 0 Å². The Hall–Kier alpha value is -1.64. The number of urea groups is 1. The molecular weight excluding hydrogens is 328 g/mol. The van der Waals surface area contributed by atoms with E-state index in [1.54, 1.807) is 0 Å². The number of nitrogens with zero attached hydrogens (tertiary/aromatic N) is 1. The van der Waals surface area contributed by atoms with Crippen molar-refractivity contribution < 1.29 is 14.3 Å². The predicted molar refractivity (Wildman–Crippen MR) is 95.6 cm³/mol. The van der Waals surface area contributed by atoms with Gasteiger partial charge in [-0.25, -0.2) is 4.79 Å². The molecule has 0 saturated heterocycles. The minimum Gasteiger partial charge on any atom is -0.370 e. The van der Waals surface area contributed by atoms with Crippen LogP contribution in [0.2, 0.25) is 0 Å². The SMILES string of the molecule is CN(C)CCCNC(=O)Nc1sc2c(c1C(N)=O)CC(C)(C)OC2. The zero-order valence-electron chi connectivity index (χ0n) is 14.7. The van der Waals surface area contributed by atoms with Gasteiger partial charge in [0, 0.05) is 17.8 Å². The number of nitrogens with two attached hydrogens (primary N) is 1. The maximum atomic E-state index is 12.1. The molecule has 0 atom stereocenters. The monoisotopic (exact) mass is 354 g/mol. The van der Waals surface area contributed by atoms with E-state index in [2.05, 4.69) is 15.5 Å². The van der Waals surface area contributed by atoms with Crippen LogP contribution in [0.15, 0.2) is 0 Å². The average Bonchev–Trinajstić information content (AvgIpc) is 2.79. The highest BCUT2D eigenvalue weighted by atomic mass is 32.1. The molecule has 134 valence electrons. The molecule has 0 spiro atoms. The molecule has 0 unspecified atom stereocenters. The summed E-state index contributed by atoms with van der Waals surface area (Å²) >= 11 is 1.36. The highest BCUT2D eigenvalue weighted by molar-refractivity contribution is 7.17. The first-order valence-corrected chi connectivity index (χ1v) is 8.79. The zero-order chi connectivity index (χ0) is 17.9. The molecule has 1 aromatic heterocycles. The van der Waals surface area contributed by atoms with E-state index in [4.69, 9.17) is 10.5 Å². The lowest BCUT2D eigenvalue weighted by molar-refractivity contribution is -0.0383. The summed E-state index contributed by atoms with van der Waals surface area (Å²) in [4.78, 5) is 27.0. The Bertz CT molecular complexity index is 625. The normalized spacial score (nSPS) is 15.9. The molecule has 2 heterocycles. The number of carbonyl (C=O) groups excluding carboxylic acids is 2. The summed E-state index contributed by atoms with van der Waals surface area (Å²) in [6.07, 6.45) is 1.45. The molecule has 1 aromatic rings. The number of carbonyl (C=O) groups is 2. The molecule has 0 saturated carbocycles. The molecule has 0 bridgehead atoms. The van der Waals surface area contributed by atoms with Crippen LogP contribution in [0, 0.1) is 0 Å². The van der Waals surface area contributed by atoms with Crippen molar-refractivity contribution in [3.8, 4) is 0 Å². The van der Waals surface area contributed by atoms with Crippen molar-refractivity contribution in [2.45, 2.75) is 38.9 Å². The van der Waals surface area contributed by atoms with Crippen LogP contribution in [0.25, 0.3) is 0 Å². The van der Waals surface area contributed by atoms with Gasteiger partial charge >= 0.3 is 6.03 Å². The molecule has 0 fully saturated rings. The van der Waals surface area contributed by atoms with Gasteiger partial charge in [-0.3, -0.25) is 10.1 Å². The smallest absolute Gasteiger partial charge is 0.319 e. The molecule has 0 radical (unpaired) electrons. The predicted octanol–water partition coefficient (Wildman–Crippen LogP) is 1.77. The van der Waals surface area contributed by atoms with Crippen molar-refractivity contribution in [2.75, 3.05) is 32.5 Å². The number of ether oxygens (including phenoxy) is 1. The van der Waals surface area contributed by atoms with Crippen LogP contribution >= 0.6 is 11.3 Å². The van der Waals surface area contributed by atoms with Gasteiger partial charge < -0.3 is 20.7 Å². The zero-order valence-corrected chi connectivity index (χ0v) is 15.5. The first-order chi connectivity index (χ1) is 11.2. The van der Waals surface area contributed by atoms with Crippen LogP contribution in [0.4, 0.5) is 9.80 Å². The van der Waals surface area contributed by atoms with Crippen molar-refractivity contribution in [1.82, 2.24) is 10.2 Å². The highest BCUT2D eigenvalue weighted by Gasteiger charge is 2.33. The van der Waals surface area contributed by atoms with Gasteiger partial charge in [-0.2, -0.15) is 0 Å². The first-order valence-electron chi connectivity index (χ1n) is 7.97. The first kappa shape index (κ1) is 18.7. The Labute approximate surface area is 146 Å². The van der Waals surface area contributed by atoms with Gasteiger partial charge in [0.15, 0.2) is 0 Å². The molecule has 1 aliphatic heterocycles. The summed E-state index contributed by atoms with van der Waals surface area (Å²) in [6.45, 7) is 5.84. The van der Waals surface area contributed by atoms with E-state index in [-0.39, 0.29) is 11.6 Å². The van der Waals surface area contributed by atoms with E-state index in [0.29, 0.717) is 30.1 Å². The number of amides is 3. The molecule has 2 rings (SSSR count). The number of rotatable bonds is 6. The van der Waals surface area contributed by atoms with Gasteiger partial charge in [0.05, 0.1) is 17.8 Å². The number of nitrogens with one attached hydrogen (secondary N) is 2. The average molecular weight is 354 g/mol. The van der Waals surface area contributed by atoms with Gasteiger partial charge in [-0.1, -0.05) is 0 Å². The second kappa shape index (κ2) is 7.50. The minimum atomic E-state index is -0.520. The number of anilines is 1. The molecule has 1 aliphatic rings. The molecule has 8 heteroatoms. The second-order valence-corrected chi connectivity index (χ2v) is 7.94. The molecule has 3 amide bonds. The molecule has 24 heavy (non-hydrogen) atoms. The number of fused-ring (bicyclic) bond motifs is 1. The van der Waals surface area contributed by atoms with E-state index in [9.17, 15) is 9.59 Å². The van der Waals surface area contributed by atoms with Gasteiger partial charge in [0.1, 0.15) is 5.00 Å². The lowest BCUT2D eigenvalue weighted by Crippen LogP contribution is -2.33. The standard InChI is InChI=1S/C16H26N4O3S/c1-16(2)8-10-11(9-23-16)24-14(12(10)13(17)21)19-15(22)18-6-5-7-20(3)4/h5-9H2,1-4H3,(H2,17,21)(H2,18,19,22). The summed E-state index contributed by atoms with van der Waals surface area (Å²) in [6, 6.07) is -0.324. The maximum Gasteiger partial charge on any atom is 0.319 e. The largest absolute Gasteiger partial charge is 0.370 e. The van der Waals surface area contributed by atoms with Gasteiger partial charge in [-0.05, 0) is 46.5 Å². The van der Waals surface area contributed by atoms with Crippen LogP contribution in [0.1, 0.15) is 41.1 Å². The number of thiophene rings is 1. The van der Waals surface area contributed by atoms with Crippen LogP contribution in [-0.2, 0) is 17.8 Å². The van der Waals surface area contributed by atoms with Crippen LogP contribution in [-0.4, -0.2) is 49.6 Å². The Kier molecular flexibility index (Phi) is 5.84. The number of hydrogen-bond donors (Lipinski definition) is 3. The van der Waals surface area contributed by atoms with Crippen molar-refractivity contribution in [1.29, 1.82) is 0 Å². The lowest BCUT2D eigenvalue weighted by atomic mass is 9.93. The van der Waals surface area contributed by atoms with Gasteiger partial charge in [0.25, 0.3) is 5.91 Å². The van der Waals surface area contributed by atoms with E-state index < -0.39 is 5.91 Å². The van der Waals surface area contributed by atoms with E-state index in [1.807, 2.05) is 27.9 Å². The van der Waals surface area contributed by atoms with E-state index >= 15 is 0 Å². The highest BCUT2D eigenvalue weighted by Crippen LogP contribution is 2.40. The summed E-state index contributed by atoms with van der Waals surface area (Å²) in [7, 11) is 3.97. The molecular formula is C16H26N4O3S. The summed E-state index contributed by atoms with van der Waals surface area (Å²) < 4.78 is 5.77. The Morgan fingerprint density at radius 2 is 2.08 bits per heavy atom. The lowest BCUT2D eigenvalue weighted by Gasteiger charge is -2.30. The number of hydrogen-bond acceptors (Lipinski definition) is 5. The summed E-state index contributed by atoms with van der Waals surface area (Å²) in [5.74, 6) is -0.520. The van der Waals surface area contributed by atoms with Crippen LogP contribution in [0.3, 0.4) is 0 Å². The fourth-order valence-electron chi connectivity index (χ4n) is 2.65. The summed E-state index contributed by atoms with van der Waals surface area (Å²) in [5.41, 5.74) is 6.52. The van der Waals surface area contributed by atoms with Crippen LogP contribution in [0.5, 0.6) is 0 Å². The Balaban J connectivity index is 2.07. The molecule has 4 N–H and O–H groups in total. The van der Waals surface area contributed by atoms with E-state index in [0.717, 1.165) is 23.4 Å². The van der Waals surface area contributed by atoms with Crippen molar-refractivity contribution in [3.05, 3.63) is 16.0 Å². The Morgan fingerprint density at radius 3 is 2.71 bits per heavy atom.